The highest BCUT2D eigenvalue weighted by Crippen LogP contribution is 2.26. The number of carbonyl (C=O) groups excluding carboxylic acids is 2. The first-order chi connectivity index (χ1) is 11.9. The average Bonchev–Trinajstić information content (AvgIpc) is 2.81. The second kappa shape index (κ2) is 9.02. The Morgan fingerprint density at radius 1 is 1.12 bits per heavy atom. The SMILES string of the molecule is O=C(O)CCCCCCN1C(=O)C/C(=C\c2ccc(Cl)c(Cl)c2)C1=O. The lowest BCUT2D eigenvalue weighted by molar-refractivity contribution is -0.138. The Balaban J connectivity index is 1.89. The third kappa shape index (κ3) is 5.58. The lowest BCUT2D eigenvalue weighted by Crippen LogP contribution is -2.30. The number of amides is 2. The number of unbranched alkanes of at least 4 members (excludes halogenated alkanes) is 3. The average molecular weight is 384 g/mol. The molecule has 0 aliphatic carbocycles. The summed E-state index contributed by atoms with van der Waals surface area (Å²) in [6.45, 7) is 0.365. The molecular weight excluding hydrogens is 365 g/mol. The normalized spacial score (nSPS) is 16.1. The zero-order valence-corrected chi connectivity index (χ0v) is 15.1. The minimum absolute atomic E-state index is 0.0814. The number of carbonyl (C=O) groups is 3. The van der Waals surface area contributed by atoms with Gasteiger partial charge in [-0.25, -0.2) is 0 Å². The van der Waals surface area contributed by atoms with Crippen LogP contribution in [0.2, 0.25) is 10.0 Å². The molecule has 0 radical (unpaired) electrons. The number of hydrogen-bond acceptors (Lipinski definition) is 3. The van der Waals surface area contributed by atoms with Crippen molar-refractivity contribution in [2.45, 2.75) is 38.5 Å². The van der Waals surface area contributed by atoms with E-state index in [2.05, 4.69) is 0 Å². The van der Waals surface area contributed by atoms with Crippen LogP contribution in [0.4, 0.5) is 0 Å². The van der Waals surface area contributed by atoms with Gasteiger partial charge in [-0.15, -0.1) is 0 Å². The van der Waals surface area contributed by atoms with E-state index in [0.717, 1.165) is 18.4 Å². The van der Waals surface area contributed by atoms with Gasteiger partial charge in [0.15, 0.2) is 0 Å². The molecule has 1 N–H and O–H groups in total. The van der Waals surface area contributed by atoms with E-state index in [4.69, 9.17) is 28.3 Å². The Kier molecular flexibility index (Phi) is 7.02. The summed E-state index contributed by atoms with van der Waals surface area (Å²) in [4.78, 5) is 36.1. The van der Waals surface area contributed by atoms with Crippen molar-refractivity contribution in [2.75, 3.05) is 6.54 Å². The van der Waals surface area contributed by atoms with E-state index in [1.807, 2.05) is 0 Å². The van der Waals surface area contributed by atoms with Crippen LogP contribution in [0.3, 0.4) is 0 Å². The molecule has 1 aromatic rings. The standard InChI is InChI=1S/C18H19Cl2NO4/c19-14-7-6-12(10-15(14)20)9-13-11-16(22)21(18(13)25)8-4-2-1-3-5-17(23)24/h6-7,9-10H,1-5,8,11H2,(H,23,24)/b13-9+. The van der Waals surface area contributed by atoms with E-state index in [1.165, 1.54) is 4.90 Å². The molecule has 0 atom stereocenters. The van der Waals surface area contributed by atoms with Crippen LogP contribution in [-0.2, 0) is 14.4 Å². The molecule has 1 fully saturated rings. The van der Waals surface area contributed by atoms with Crippen molar-refractivity contribution < 1.29 is 19.5 Å². The Morgan fingerprint density at radius 3 is 2.52 bits per heavy atom. The van der Waals surface area contributed by atoms with Crippen LogP contribution in [0.15, 0.2) is 23.8 Å². The van der Waals surface area contributed by atoms with Crippen molar-refractivity contribution in [3.8, 4) is 0 Å². The minimum atomic E-state index is -0.804. The second-order valence-electron chi connectivity index (χ2n) is 5.93. The maximum atomic E-state index is 12.4. The van der Waals surface area contributed by atoms with Gasteiger partial charge in [-0.05, 0) is 36.6 Å². The van der Waals surface area contributed by atoms with Gasteiger partial charge in [0.25, 0.3) is 5.91 Å². The summed E-state index contributed by atoms with van der Waals surface area (Å²) in [5, 5.41) is 9.40. The van der Waals surface area contributed by atoms with Gasteiger partial charge in [-0.1, -0.05) is 42.1 Å². The van der Waals surface area contributed by atoms with Gasteiger partial charge in [-0.2, -0.15) is 0 Å². The molecule has 1 aliphatic rings. The number of hydrogen-bond donors (Lipinski definition) is 1. The summed E-state index contributed by atoms with van der Waals surface area (Å²) >= 11 is 11.8. The fourth-order valence-corrected chi connectivity index (χ4v) is 2.97. The Labute approximate surface area is 156 Å². The van der Waals surface area contributed by atoms with Crippen LogP contribution in [0.5, 0.6) is 0 Å². The number of benzene rings is 1. The molecule has 1 saturated heterocycles. The fourth-order valence-electron chi connectivity index (χ4n) is 2.66. The zero-order chi connectivity index (χ0) is 18.4. The van der Waals surface area contributed by atoms with Gasteiger partial charge >= 0.3 is 5.97 Å². The summed E-state index contributed by atoms with van der Waals surface area (Å²) in [5.74, 6) is -1.29. The van der Waals surface area contributed by atoms with Gasteiger partial charge < -0.3 is 5.11 Å². The molecule has 5 nitrogen and oxygen atoms in total. The van der Waals surface area contributed by atoms with E-state index in [9.17, 15) is 14.4 Å². The highest BCUT2D eigenvalue weighted by atomic mass is 35.5. The number of aliphatic carboxylic acids is 1. The smallest absolute Gasteiger partial charge is 0.303 e. The van der Waals surface area contributed by atoms with Crippen LogP contribution in [-0.4, -0.2) is 34.3 Å². The topological polar surface area (TPSA) is 74.7 Å². The quantitative estimate of drug-likeness (QED) is 0.415. The number of carboxylic acid groups (broad SMARTS) is 1. The molecular formula is C18H19Cl2NO4. The van der Waals surface area contributed by atoms with Crippen LogP contribution in [0, 0.1) is 0 Å². The number of nitrogens with zero attached hydrogens (tertiary/aromatic N) is 1. The fraction of sp³-hybridized carbons (Fsp3) is 0.389. The molecule has 0 unspecified atom stereocenters. The number of likely N-dealkylation sites (tertiary alicyclic amines) is 1. The van der Waals surface area contributed by atoms with E-state index < -0.39 is 5.97 Å². The van der Waals surface area contributed by atoms with Crippen LogP contribution >= 0.6 is 23.2 Å². The van der Waals surface area contributed by atoms with Crippen LogP contribution < -0.4 is 0 Å². The molecule has 134 valence electrons. The largest absolute Gasteiger partial charge is 0.481 e. The molecule has 25 heavy (non-hydrogen) atoms. The first-order valence-electron chi connectivity index (χ1n) is 8.10. The number of halogens is 2. The van der Waals surface area contributed by atoms with Crippen LogP contribution in [0.25, 0.3) is 6.08 Å². The van der Waals surface area contributed by atoms with Gasteiger partial charge in [0.2, 0.25) is 5.91 Å². The van der Waals surface area contributed by atoms with Crippen molar-refractivity contribution in [1.29, 1.82) is 0 Å². The summed E-state index contributed by atoms with van der Waals surface area (Å²) in [6, 6.07) is 5.04. The lowest BCUT2D eigenvalue weighted by atomic mass is 10.1. The molecule has 1 heterocycles. The van der Waals surface area contributed by atoms with E-state index >= 15 is 0 Å². The highest BCUT2D eigenvalue weighted by Gasteiger charge is 2.33. The van der Waals surface area contributed by atoms with Gasteiger partial charge in [0.1, 0.15) is 0 Å². The number of rotatable bonds is 8. The van der Waals surface area contributed by atoms with E-state index in [0.29, 0.717) is 35.0 Å². The highest BCUT2D eigenvalue weighted by molar-refractivity contribution is 6.42. The Hall–Kier alpha value is -1.85. The zero-order valence-electron chi connectivity index (χ0n) is 13.6. The third-order valence-corrected chi connectivity index (χ3v) is 4.71. The van der Waals surface area contributed by atoms with Crippen molar-refractivity contribution in [3.05, 3.63) is 39.4 Å². The van der Waals surface area contributed by atoms with Gasteiger partial charge in [0.05, 0.1) is 16.5 Å². The Morgan fingerprint density at radius 2 is 1.84 bits per heavy atom. The summed E-state index contributed by atoms with van der Waals surface area (Å²) in [7, 11) is 0. The van der Waals surface area contributed by atoms with E-state index in [-0.39, 0.29) is 24.7 Å². The third-order valence-electron chi connectivity index (χ3n) is 3.97. The predicted molar refractivity (Wildman–Crippen MR) is 96.5 cm³/mol. The maximum absolute atomic E-state index is 12.4. The predicted octanol–water partition coefficient (Wildman–Crippen LogP) is 4.17. The Bertz CT molecular complexity index is 715. The lowest BCUT2D eigenvalue weighted by Gasteiger charge is -2.12. The monoisotopic (exact) mass is 383 g/mol. The molecule has 0 bridgehead atoms. The summed E-state index contributed by atoms with van der Waals surface area (Å²) in [6.07, 6.45) is 4.74. The first-order valence-corrected chi connectivity index (χ1v) is 8.86. The molecule has 0 saturated carbocycles. The molecule has 7 heteroatoms. The maximum Gasteiger partial charge on any atom is 0.303 e. The number of imide groups is 1. The second-order valence-corrected chi connectivity index (χ2v) is 6.74. The van der Waals surface area contributed by atoms with Crippen molar-refractivity contribution in [1.82, 2.24) is 4.90 Å². The molecule has 1 aromatic carbocycles. The molecule has 0 spiro atoms. The first kappa shape index (κ1) is 19.5. The van der Waals surface area contributed by atoms with Crippen molar-refractivity contribution >= 4 is 47.1 Å². The molecule has 1 aliphatic heterocycles. The van der Waals surface area contributed by atoms with E-state index in [1.54, 1.807) is 24.3 Å². The molecule has 0 aromatic heterocycles. The number of carboxylic acids is 1. The molecule has 2 amide bonds. The van der Waals surface area contributed by atoms with Crippen molar-refractivity contribution in [3.63, 3.8) is 0 Å². The van der Waals surface area contributed by atoms with Crippen molar-refractivity contribution in [2.24, 2.45) is 0 Å². The van der Waals surface area contributed by atoms with Gasteiger partial charge in [0, 0.05) is 18.5 Å². The van der Waals surface area contributed by atoms with Gasteiger partial charge in [-0.3, -0.25) is 19.3 Å². The minimum Gasteiger partial charge on any atom is -0.481 e. The van der Waals surface area contributed by atoms with Crippen LogP contribution in [0.1, 0.15) is 44.1 Å². The summed E-state index contributed by atoms with van der Waals surface area (Å²) in [5.41, 5.74) is 1.16. The molecule has 2 rings (SSSR count). The summed E-state index contributed by atoms with van der Waals surface area (Å²) < 4.78 is 0.